The number of halogens is 1. The molecule has 1 spiro atoms. The summed E-state index contributed by atoms with van der Waals surface area (Å²) in [7, 11) is 0. The van der Waals surface area contributed by atoms with Crippen molar-refractivity contribution in [2.45, 2.75) is 38.5 Å². The van der Waals surface area contributed by atoms with Crippen molar-refractivity contribution >= 4 is 34.8 Å². The number of hydrogen-bond acceptors (Lipinski definition) is 3. The molecule has 2 amide bonds. The van der Waals surface area contributed by atoms with Crippen molar-refractivity contribution in [3.63, 3.8) is 0 Å². The lowest BCUT2D eigenvalue weighted by Gasteiger charge is -2.37. The number of nitrogens with two attached hydrogens (primary N) is 1. The molecule has 1 saturated heterocycles. The highest BCUT2D eigenvalue weighted by molar-refractivity contribution is 6.31. The number of benzene rings is 1. The smallest absolute Gasteiger partial charge is 0.234 e. The summed E-state index contributed by atoms with van der Waals surface area (Å²) in [6.45, 7) is 0. The van der Waals surface area contributed by atoms with Crippen LogP contribution in [0.3, 0.4) is 0 Å². The summed E-state index contributed by atoms with van der Waals surface area (Å²) in [5, 5.41) is 0.468. The van der Waals surface area contributed by atoms with Gasteiger partial charge in [-0.2, -0.15) is 0 Å². The Labute approximate surface area is 122 Å². The zero-order chi connectivity index (χ0) is 14.3. The van der Waals surface area contributed by atoms with Gasteiger partial charge in [-0.25, -0.2) is 4.90 Å². The maximum absolute atomic E-state index is 12.4. The zero-order valence-corrected chi connectivity index (χ0v) is 11.9. The first-order valence-corrected chi connectivity index (χ1v) is 7.29. The summed E-state index contributed by atoms with van der Waals surface area (Å²) in [4.78, 5) is 26.1. The van der Waals surface area contributed by atoms with Crippen LogP contribution in [0.15, 0.2) is 18.2 Å². The lowest BCUT2D eigenvalue weighted by Crippen LogP contribution is -2.47. The van der Waals surface area contributed by atoms with E-state index in [0.717, 1.165) is 25.7 Å². The molecular weight excluding hydrogens is 276 g/mol. The Hall–Kier alpha value is -1.55. The number of imide groups is 1. The number of hydrogen-bond donors (Lipinski definition) is 1. The number of nitrogens with zero attached hydrogens (tertiary/aromatic N) is 1. The molecule has 1 saturated carbocycles. The van der Waals surface area contributed by atoms with Gasteiger partial charge < -0.3 is 5.73 Å². The Balaban J connectivity index is 1.93. The summed E-state index contributed by atoms with van der Waals surface area (Å²) < 4.78 is 0. The van der Waals surface area contributed by atoms with Gasteiger partial charge in [0.2, 0.25) is 11.8 Å². The SMILES string of the molecule is Nc1ccc(Cl)cc1N1C(=O)CC2(CCCC2)CC1=O. The summed E-state index contributed by atoms with van der Waals surface area (Å²) in [5.74, 6) is -0.311. The molecule has 0 unspecified atom stereocenters. The molecule has 4 nitrogen and oxygen atoms in total. The highest BCUT2D eigenvalue weighted by atomic mass is 35.5. The monoisotopic (exact) mass is 292 g/mol. The molecule has 20 heavy (non-hydrogen) atoms. The van der Waals surface area contributed by atoms with E-state index in [1.54, 1.807) is 18.2 Å². The maximum Gasteiger partial charge on any atom is 0.234 e. The fourth-order valence-electron chi connectivity index (χ4n) is 3.46. The van der Waals surface area contributed by atoms with Gasteiger partial charge in [0.05, 0.1) is 11.4 Å². The third-order valence-corrected chi connectivity index (χ3v) is 4.68. The fraction of sp³-hybridized carbons (Fsp3) is 0.467. The molecule has 1 aliphatic carbocycles. The van der Waals surface area contributed by atoms with Gasteiger partial charge in [-0.05, 0) is 36.5 Å². The molecule has 0 aromatic heterocycles. The van der Waals surface area contributed by atoms with Crippen molar-refractivity contribution in [3.05, 3.63) is 23.2 Å². The summed E-state index contributed by atoms with van der Waals surface area (Å²) in [5.41, 5.74) is 6.60. The van der Waals surface area contributed by atoms with Crippen LogP contribution in [0.25, 0.3) is 0 Å². The van der Waals surface area contributed by atoms with E-state index in [4.69, 9.17) is 17.3 Å². The molecule has 3 rings (SSSR count). The van der Waals surface area contributed by atoms with Crippen molar-refractivity contribution in [3.8, 4) is 0 Å². The molecule has 1 aromatic rings. The molecule has 1 aromatic carbocycles. The van der Waals surface area contributed by atoms with Gasteiger partial charge in [-0.15, -0.1) is 0 Å². The Morgan fingerprint density at radius 1 is 1.10 bits per heavy atom. The summed E-state index contributed by atoms with van der Waals surface area (Å²) in [6.07, 6.45) is 5.04. The van der Waals surface area contributed by atoms with Crippen LogP contribution in [0.2, 0.25) is 5.02 Å². The molecule has 2 fully saturated rings. The quantitative estimate of drug-likeness (QED) is 0.639. The van der Waals surface area contributed by atoms with E-state index in [0.29, 0.717) is 29.2 Å². The van der Waals surface area contributed by atoms with E-state index in [1.807, 2.05) is 0 Å². The molecular formula is C15H17ClN2O2. The predicted molar refractivity (Wildman–Crippen MR) is 78.5 cm³/mol. The minimum absolute atomic E-state index is 0.0992. The normalized spacial score (nSPS) is 21.8. The largest absolute Gasteiger partial charge is 0.397 e. The van der Waals surface area contributed by atoms with Gasteiger partial charge in [0.15, 0.2) is 0 Å². The Kier molecular flexibility index (Phi) is 3.21. The van der Waals surface area contributed by atoms with Gasteiger partial charge in [0, 0.05) is 17.9 Å². The zero-order valence-electron chi connectivity index (χ0n) is 11.2. The van der Waals surface area contributed by atoms with E-state index in [9.17, 15) is 9.59 Å². The van der Waals surface area contributed by atoms with Gasteiger partial charge in [-0.3, -0.25) is 9.59 Å². The van der Waals surface area contributed by atoms with Gasteiger partial charge >= 0.3 is 0 Å². The predicted octanol–water partition coefficient (Wildman–Crippen LogP) is 3.14. The van der Waals surface area contributed by atoms with Crippen LogP contribution in [0.5, 0.6) is 0 Å². The number of piperidine rings is 1. The summed E-state index contributed by atoms with van der Waals surface area (Å²) >= 11 is 5.95. The van der Waals surface area contributed by atoms with E-state index in [2.05, 4.69) is 0 Å². The van der Waals surface area contributed by atoms with Crippen LogP contribution < -0.4 is 10.6 Å². The highest BCUT2D eigenvalue weighted by Crippen LogP contribution is 2.48. The van der Waals surface area contributed by atoms with Crippen molar-refractivity contribution < 1.29 is 9.59 Å². The molecule has 2 N–H and O–H groups in total. The fourth-order valence-corrected chi connectivity index (χ4v) is 3.63. The molecule has 0 atom stereocenters. The number of carbonyl (C=O) groups is 2. The molecule has 1 heterocycles. The average Bonchev–Trinajstić information content (AvgIpc) is 2.80. The van der Waals surface area contributed by atoms with Crippen LogP contribution >= 0.6 is 11.6 Å². The second-order valence-electron chi connectivity index (χ2n) is 5.89. The molecule has 5 heteroatoms. The molecule has 106 valence electrons. The highest BCUT2D eigenvalue weighted by Gasteiger charge is 2.45. The van der Waals surface area contributed by atoms with Crippen LogP contribution in [0.1, 0.15) is 38.5 Å². The first-order chi connectivity index (χ1) is 9.51. The molecule has 2 aliphatic rings. The van der Waals surface area contributed by atoms with Gasteiger partial charge in [0.1, 0.15) is 0 Å². The Bertz CT molecular complexity index is 559. The summed E-state index contributed by atoms with van der Waals surface area (Å²) in [6, 6.07) is 4.86. The van der Waals surface area contributed by atoms with Crippen molar-refractivity contribution in [1.29, 1.82) is 0 Å². The third-order valence-electron chi connectivity index (χ3n) is 4.45. The minimum atomic E-state index is -0.155. The number of nitrogen functional groups attached to an aromatic ring is 1. The van der Waals surface area contributed by atoms with Crippen LogP contribution in [0.4, 0.5) is 11.4 Å². The van der Waals surface area contributed by atoms with Gasteiger partial charge in [0.25, 0.3) is 0 Å². The van der Waals surface area contributed by atoms with E-state index >= 15 is 0 Å². The number of anilines is 2. The van der Waals surface area contributed by atoms with Crippen LogP contribution in [-0.4, -0.2) is 11.8 Å². The second kappa shape index (κ2) is 4.77. The minimum Gasteiger partial charge on any atom is -0.397 e. The van der Waals surface area contributed by atoms with Crippen molar-refractivity contribution in [2.24, 2.45) is 5.41 Å². The number of rotatable bonds is 1. The van der Waals surface area contributed by atoms with Crippen LogP contribution in [-0.2, 0) is 9.59 Å². The Morgan fingerprint density at radius 2 is 1.70 bits per heavy atom. The van der Waals surface area contributed by atoms with E-state index < -0.39 is 0 Å². The standard InChI is InChI=1S/C15H17ClN2O2/c16-10-3-4-11(17)12(7-10)18-13(19)8-15(9-14(18)20)5-1-2-6-15/h3-4,7H,1-2,5-6,8-9,17H2. The molecule has 1 aliphatic heterocycles. The third kappa shape index (κ3) is 2.18. The van der Waals surface area contributed by atoms with Crippen LogP contribution in [0, 0.1) is 5.41 Å². The first kappa shape index (κ1) is 13.4. The molecule has 0 radical (unpaired) electrons. The number of amides is 2. The lowest BCUT2D eigenvalue weighted by atomic mass is 9.76. The Morgan fingerprint density at radius 3 is 2.30 bits per heavy atom. The maximum atomic E-state index is 12.4. The molecule has 0 bridgehead atoms. The van der Waals surface area contributed by atoms with E-state index in [1.165, 1.54) is 4.90 Å². The topological polar surface area (TPSA) is 63.4 Å². The lowest BCUT2D eigenvalue weighted by molar-refractivity contribution is -0.133. The average molecular weight is 293 g/mol. The van der Waals surface area contributed by atoms with Crippen molar-refractivity contribution in [2.75, 3.05) is 10.6 Å². The van der Waals surface area contributed by atoms with E-state index in [-0.39, 0.29) is 17.2 Å². The number of carbonyl (C=O) groups excluding carboxylic acids is 2. The van der Waals surface area contributed by atoms with Gasteiger partial charge in [-0.1, -0.05) is 24.4 Å². The van der Waals surface area contributed by atoms with Crippen molar-refractivity contribution in [1.82, 2.24) is 0 Å². The second-order valence-corrected chi connectivity index (χ2v) is 6.32. The first-order valence-electron chi connectivity index (χ1n) is 6.92.